The van der Waals surface area contributed by atoms with Gasteiger partial charge in [-0.3, -0.25) is 4.90 Å². The van der Waals surface area contributed by atoms with Crippen molar-refractivity contribution < 1.29 is 5.11 Å². The lowest BCUT2D eigenvalue weighted by molar-refractivity contribution is 0.111. The number of aliphatic hydroxyl groups excluding tert-OH is 1. The summed E-state index contributed by atoms with van der Waals surface area (Å²) < 4.78 is 0. The Morgan fingerprint density at radius 1 is 0.906 bits per heavy atom. The molecule has 4 rings (SSSR count). The van der Waals surface area contributed by atoms with E-state index in [-0.39, 0.29) is 0 Å². The van der Waals surface area contributed by atoms with E-state index in [1.807, 2.05) is 0 Å². The zero-order valence-corrected chi connectivity index (χ0v) is 20.8. The topological polar surface area (TPSA) is 23.5 Å². The van der Waals surface area contributed by atoms with E-state index in [2.05, 4.69) is 66.6 Å². The fourth-order valence-electron chi connectivity index (χ4n) is 5.85. The van der Waals surface area contributed by atoms with Gasteiger partial charge in [0.25, 0.3) is 0 Å². The molecule has 0 amide bonds. The second-order valence-electron chi connectivity index (χ2n) is 10.1. The highest BCUT2D eigenvalue weighted by Gasteiger charge is 2.27. The van der Waals surface area contributed by atoms with Crippen LogP contribution in [-0.4, -0.2) is 35.4 Å². The van der Waals surface area contributed by atoms with Crippen LogP contribution in [0.2, 0.25) is 0 Å². The molecule has 2 nitrogen and oxygen atoms in total. The molecule has 0 spiro atoms. The fraction of sp³-hybridized carbons (Fsp3) is 0.586. The number of likely N-dealkylation sites (tertiary alicyclic amines) is 1. The van der Waals surface area contributed by atoms with Crippen molar-refractivity contribution in [2.75, 3.05) is 19.3 Å². The number of piperidine rings is 1. The minimum Gasteiger partial charge on any atom is -0.384 e. The lowest BCUT2D eigenvalue weighted by Crippen LogP contribution is -2.42. The van der Waals surface area contributed by atoms with E-state index in [0.717, 1.165) is 29.6 Å². The summed E-state index contributed by atoms with van der Waals surface area (Å²) in [5.74, 6) is 1.44. The van der Waals surface area contributed by atoms with Gasteiger partial charge in [0.05, 0.1) is 0 Å². The Bertz CT molecular complexity index is 829. The largest absolute Gasteiger partial charge is 0.384 e. The van der Waals surface area contributed by atoms with Crippen molar-refractivity contribution in [2.45, 2.75) is 87.7 Å². The Balaban J connectivity index is 1.41. The van der Waals surface area contributed by atoms with Crippen molar-refractivity contribution in [3.8, 4) is 0 Å². The fourth-order valence-corrected chi connectivity index (χ4v) is 6.25. The van der Waals surface area contributed by atoms with Gasteiger partial charge in [0.1, 0.15) is 6.10 Å². The molecule has 0 bridgehead atoms. The number of thioether (sulfide) groups is 1. The molecule has 2 aliphatic rings. The van der Waals surface area contributed by atoms with Crippen molar-refractivity contribution in [1.29, 1.82) is 0 Å². The maximum Gasteiger partial charge on any atom is 0.104 e. The molecule has 32 heavy (non-hydrogen) atoms. The van der Waals surface area contributed by atoms with Crippen molar-refractivity contribution in [3.63, 3.8) is 0 Å². The second kappa shape index (κ2) is 11.7. The zero-order valence-electron chi connectivity index (χ0n) is 20.0. The molecule has 174 valence electrons. The number of hydrogen-bond acceptors (Lipinski definition) is 3. The number of hydrogen-bond donors (Lipinski definition) is 1. The van der Waals surface area contributed by atoms with Crippen LogP contribution in [0.4, 0.5) is 0 Å². The monoisotopic (exact) mass is 451 g/mol. The predicted molar refractivity (Wildman–Crippen MR) is 138 cm³/mol. The van der Waals surface area contributed by atoms with E-state index in [0.29, 0.717) is 5.92 Å². The van der Waals surface area contributed by atoms with E-state index < -0.39 is 6.10 Å². The standard InChI is InChI=1S/C29H41NOS/c1-22(21-30-18-7-6-13-27(30)19-23-9-4-3-5-10-23)25-11-8-12-26(20-25)29(31)24-14-16-28(32-2)17-15-24/h8,11-12,14-17,20,22-23,27,29,31H,3-7,9-10,13,18-19,21H2,1-2H3. The molecule has 2 fully saturated rings. The zero-order chi connectivity index (χ0) is 22.3. The van der Waals surface area contributed by atoms with Gasteiger partial charge in [0, 0.05) is 17.5 Å². The van der Waals surface area contributed by atoms with Crippen molar-refractivity contribution in [2.24, 2.45) is 5.92 Å². The van der Waals surface area contributed by atoms with E-state index in [1.54, 1.807) is 11.8 Å². The quantitative estimate of drug-likeness (QED) is 0.422. The van der Waals surface area contributed by atoms with Crippen LogP contribution >= 0.6 is 11.8 Å². The smallest absolute Gasteiger partial charge is 0.104 e. The number of benzene rings is 2. The van der Waals surface area contributed by atoms with E-state index in [4.69, 9.17) is 0 Å². The highest BCUT2D eigenvalue weighted by atomic mass is 32.2. The van der Waals surface area contributed by atoms with Crippen LogP contribution in [0, 0.1) is 5.92 Å². The second-order valence-corrected chi connectivity index (χ2v) is 11.0. The lowest BCUT2D eigenvalue weighted by atomic mass is 9.82. The number of aliphatic hydroxyl groups is 1. The maximum atomic E-state index is 11.0. The third kappa shape index (κ3) is 6.18. The highest BCUT2D eigenvalue weighted by Crippen LogP contribution is 2.33. The van der Waals surface area contributed by atoms with E-state index in [1.165, 1.54) is 74.8 Å². The van der Waals surface area contributed by atoms with Gasteiger partial charge in [-0.05, 0) is 72.7 Å². The Hall–Kier alpha value is -1.29. The van der Waals surface area contributed by atoms with Crippen LogP contribution < -0.4 is 0 Å². The minimum atomic E-state index is -0.563. The van der Waals surface area contributed by atoms with Crippen molar-refractivity contribution in [3.05, 3.63) is 65.2 Å². The Morgan fingerprint density at radius 2 is 1.62 bits per heavy atom. The number of rotatable bonds is 8. The van der Waals surface area contributed by atoms with Gasteiger partial charge in [0.2, 0.25) is 0 Å². The van der Waals surface area contributed by atoms with Crippen molar-refractivity contribution >= 4 is 11.8 Å². The molecule has 3 heteroatoms. The molecular formula is C29H41NOS. The summed E-state index contributed by atoms with van der Waals surface area (Å²) in [4.78, 5) is 4.03. The van der Waals surface area contributed by atoms with Gasteiger partial charge >= 0.3 is 0 Å². The first kappa shape index (κ1) is 23.9. The molecule has 3 atom stereocenters. The molecule has 1 aliphatic heterocycles. The first-order valence-corrected chi connectivity index (χ1v) is 14.0. The summed E-state index contributed by atoms with van der Waals surface area (Å²) in [5.41, 5.74) is 3.32. The van der Waals surface area contributed by atoms with E-state index in [9.17, 15) is 5.11 Å². The normalized spacial score (nSPS) is 22.5. The Morgan fingerprint density at radius 3 is 2.38 bits per heavy atom. The average molecular weight is 452 g/mol. The highest BCUT2D eigenvalue weighted by molar-refractivity contribution is 7.98. The van der Waals surface area contributed by atoms with Gasteiger partial charge in [-0.25, -0.2) is 0 Å². The van der Waals surface area contributed by atoms with Crippen LogP contribution in [0.3, 0.4) is 0 Å². The van der Waals surface area contributed by atoms with Gasteiger partial charge in [0.15, 0.2) is 0 Å². The molecule has 3 unspecified atom stereocenters. The first-order valence-electron chi connectivity index (χ1n) is 12.8. The van der Waals surface area contributed by atoms with Crippen LogP contribution in [0.15, 0.2) is 53.4 Å². The summed E-state index contributed by atoms with van der Waals surface area (Å²) in [6.45, 7) is 4.76. The molecule has 2 aromatic carbocycles. The van der Waals surface area contributed by atoms with Crippen LogP contribution in [-0.2, 0) is 0 Å². The van der Waals surface area contributed by atoms with Gasteiger partial charge in [-0.15, -0.1) is 11.8 Å². The van der Waals surface area contributed by atoms with Gasteiger partial charge < -0.3 is 5.11 Å². The third-order valence-electron chi connectivity index (χ3n) is 7.81. The molecule has 1 heterocycles. The third-order valence-corrected chi connectivity index (χ3v) is 8.56. The Labute approximate surface area is 199 Å². The molecule has 0 radical (unpaired) electrons. The summed E-state index contributed by atoms with van der Waals surface area (Å²) in [6.07, 6.45) is 14.3. The summed E-state index contributed by atoms with van der Waals surface area (Å²) in [6, 6.07) is 17.7. The lowest BCUT2D eigenvalue weighted by Gasteiger charge is -2.40. The minimum absolute atomic E-state index is 0.480. The van der Waals surface area contributed by atoms with Crippen LogP contribution in [0.25, 0.3) is 0 Å². The average Bonchev–Trinajstić information content (AvgIpc) is 2.85. The van der Waals surface area contributed by atoms with Gasteiger partial charge in [-0.1, -0.05) is 81.8 Å². The molecule has 1 saturated carbocycles. The number of nitrogens with zero attached hydrogens (tertiary/aromatic N) is 1. The van der Waals surface area contributed by atoms with Crippen LogP contribution in [0.5, 0.6) is 0 Å². The summed E-state index contributed by atoms with van der Waals surface area (Å²) in [7, 11) is 0. The molecule has 1 N–H and O–H groups in total. The Kier molecular flexibility index (Phi) is 8.74. The van der Waals surface area contributed by atoms with E-state index >= 15 is 0 Å². The maximum absolute atomic E-state index is 11.0. The summed E-state index contributed by atoms with van der Waals surface area (Å²) in [5, 5.41) is 11.0. The molecular weight excluding hydrogens is 410 g/mol. The molecule has 1 aliphatic carbocycles. The molecule has 2 aromatic rings. The van der Waals surface area contributed by atoms with Crippen LogP contribution in [0.1, 0.15) is 93.4 Å². The van der Waals surface area contributed by atoms with Crippen molar-refractivity contribution in [1.82, 2.24) is 4.90 Å². The predicted octanol–water partition coefficient (Wildman–Crippen LogP) is 7.42. The molecule has 1 saturated heterocycles. The molecule has 0 aromatic heterocycles. The first-order chi connectivity index (χ1) is 15.6. The summed E-state index contributed by atoms with van der Waals surface area (Å²) >= 11 is 1.73. The van der Waals surface area contributed by atoms with Gasteiger partial charge in [-0.2, -0.15) is 0 Å². The SMILES string of the molecule is CSc1ccc(C(O)c2cccc(C(C)CN3CCCCC3CC3CCCCC3)c2)cc1.